The third kappa shape index (κ3) is 4.83. The highest BCUT2D eigenvalue weighted by atomic mass is 79.9. The van der Waals surface area contributed by atoms with Crippen LogP contribution in [0.4, 0.5) is 23.3 Å². The zero-order valence-corrected chi connectivity index (χ0v) is 18.0. The summed E-state index contributed by atoms with van der Waals surface area (Å²) in [6.07, 6.45) is 2.42. The molecule has 2 heterocycles. The van der Waals surface area contributed by atoms with Gasteiger partial charge in [0, 0.05) is 40.9 Å². The molecule has 0 fully saturated rings. The summed E-state index contributed by atoms with van der Waals surface area (Å²) >= 11 is 9.68. The molecule has 7 nitrogen and oxygen atoms in total. The second-order valence-electron chi connectivity index (χ2n) is 6.73. The molecule has 29 heavy (non-hydrogen) atoms. The number of hydrogen-bond acceptors (Lipinski definition) is 6. The minimum absolute atomic E-state index is 0.168. The Bertz CT molecular complexity index is 1080. The van der Waals surface area contributed by atoms with E-state index in [-0.39, 0.29) is 5.91 Å². The summed E-state index contributed by atoms with van der Waals surface area (Å²) in [7, 11) is 0. The number of aromatic nitrogens is 3. The molecule has 0 aliphatic carbocycles. The molecule has 3 aromatic rings. The van der Waals surface area contributed by atoms with Crippen LogP contribution in [0.1, 0.15) is 18.1 Å². The Labute approximate surface area is 181 Å². The van der Waals surface area contributed by atoms with Crippen molar-refractivity contribution in [1.29, 1.82) is 0 Å². The lowest BCUT2D eigenvalue weighted by Gasteiger charge is -2.29. The van der Waals surface area contributed by atoms with E-state index >= 15 is 0 Å². The largest absolute Gasteiger partial charge is 0.336 e. The molecule has 1 aliphatic heterocycles. The SMILES string of the molecule is CC(=O)Nc1cc(Cl)cc(Nc2ncnc(N3CCc4cc(Br)ccc4C3)n2)c1. The van der Waals surface area contributed by atoms with Gasteiger partial charge >= 0.3 is 0 Å². The van der Waals surface area contributed by atoms with Crippen LogP contribution < -0.4 is 15.5 Å². The smallest absolute Gasteiger partial charge is 0.232 e. The molecule has 0 bridgehead atoms. The van der Waals surface area contributed by atoms with E-state index in [2.05, 4.69) is 64.6 Å². The number of carbonyl (C=O) groups excluding carboxylic acids is 1. The van der Waals surface area contributed by atoms with Crippen molar-refractivity contribution in [3.05, 3.63) is 63.3 Å². The van der Waals surface area contributed by atoms with Gasteiger partial charge in [0.15, 0.2) is 0 Å². The van der Waals surface area contributed by atoms with Crippen LogP contribution in [0, 0.1) is 0 Å². The first-order valence-electron chi connectivity index (χ1n) is 9.03. The summed E-state index contributed by atoms with van der Waals surface area (Å²) in [5.74, 6) is 0.853. The molecule has 9 heteroatoms. The Morgan fingerprint density at radius 3 is 2.79 bits per heavy atom. The van der Waals surface area contributed by atoms with Crippen molar-refractivity contribution in [3.8, 4) is 0 Å². The minimum atomic E-state index is -0.168. The molecule has 0 saturated carbocycles. The van der Waals surface area contributed by atoms with Crippen LogP contribution in [0.5, 0.6) is 0 Å². The van der Waals surface area contributed by atoms with Crippen LogP contribution in [0.15, 0.2) is 47.2 Å². The third-order valence-corrected chi connectivity index (χ3v) is 5.21. The maximum atomic E-state index is 11.3. The van der Waals surface area contributed by atoms with Crippen molar-refractivity contribution < 1.29 is 4.79 Å². The summed E-state index contributed by atoms with van der Waals surface area (Å²) in [5, 5.41) is 6.35. The maximum Gasteiger partial charge on any atom is 0.232 e. The molecule has 2 N–H and O–H groups in total. The average molecular weight is 474 g/mol. The number of benzene rings is 2. The molecule has 0 atom stereocenters. The quantitative estimate of drug-likeness (QED) is 0.578. The number of anilines is 4. The summed E-state index contributed by atoms with van der Waals surface area (Å²) < 4.78 is 1.09. The van der Waals surface area contributed by atoms with Gasteiger partial charge < -0.3 is 15.5 Å². The molecule has 0 radical (unpaired) electrons. The highest BCUT2D eigenvalue weighted by Gasteiger charge is 2.19. The molecule has 148 valence electrons. The molecule has 0 saturated heterocycles. The van der Waals surface area contributed by atoms with Gasteiger partial charge in [0.1, 0.15) is 6.33 Å². The molecule has 0 spiro atoms. The third-order valence-electron chi connectivity index (χ3n) is 4.50. The van der Waals surface area contributed by atoms with E-state index in [4.69, 9.17) is 11.6 Å². The molecule has 1 amide bonds. The van der Waals surface area contributed by atoms with Gasteiger partial charge in [0.25, 0.3) is 0 Å². The van der Waals surface area contributed by atoms with E-state index in [1.54, 1.807) is 18.2 Å². The lowest BCUT2D eigenvalue weighted by Crippen LogP contribution is -2.32. The Kier molecular flexibility index (Phi) is 5.64. The predicted octanol–water partition coefficient (Wildman–Crippen LogP) is 4.55. The molecular formula is C20H18BrClN6O. The van der Waals surface area contributed by atoms with Crippen molar-refractivity contribution in [2.24, 2.45) is 0 Å². The second kappa shape index (κ2) is 8.34. The fourth-order valence-corrected chi connectivity index (χ4v) is 3.90. The molecule has 2 aromatic carbocycles. The van der Waals surface area contributed by atoms with E-state index in [1.807, 2.05) is 0 Å². The maximum absolute atomic E-state index is 11.3. The fourth-order valence-electron chi connectivity index (χ4n) is 3.26. The van der Waals surface area contributed by atoms with Crippen LogP contribution in [0.2, 0.25) is 5.02 Å². The number of fused-ring (bicyclic) bond motifs is 1. The predicted molar refractivity (Wildman–Crippen MR) is 118 cm³/mol. The molecule has 0 unspecified atom stereocenters. The van der Waals surface area contributed by atoms with Gasteiger partial charge in [0.05, 0.1) is 0 Å². The van der Waals surface area contributed by atoms with Crippen LogP contribution >= 0.6 is 27.5 Å². The fraction of sp³-hybridized carbons (Fsp3) is 0.200. The Morgan fingerprint density at radius 2 is 1.97 bits per heavy atom. The van der Waals surface area contributed by atoms with E-state index in [0.29, 0.717) is 28.3 Å². The van der Waals surface area contributed by atoms with Crippen LogP contribution in [-0.2, 0) is 17.8 Å². The van der Waals surface area contributed by atoms with Gasteiger partial charge in [-0.2, -0.15) is 4.98 Å². The number of rotatable bonds is 4. The average Bonchev–Trinajstić information content (AvgIpc) is 2.66. The first kappa shape index (κ1) is 19.6. The Balaban J connectivity index is 1.53. The van der Waals surface area contributed by atoms with Crippen LogP contribution in [0.25, 0.3) is 0 Å². The lowest BCUT2D eigenvalue weighted by molar-refractivity contribution is -0.114. The number of hydrogen-bond donors (Lipinski definition) is 2. The van der Waals surface area contributed by atoms with Gasteiger partial charge in [-0.3, -0.25) is 4.79 Å². The standard InChI is InChI=1S/C20H18BrClN6O/c1-12(29)25-17-7-16(22)8-18(9-17)26-19-23-11-24-20(27-19)28-5-4-13-6-15(21)3-2-14(13)10-28/h2-3,6-9,11H,4-5,10H2,1H3,(H,25,29)(H,23,24,26,27). The number of carbonyl (C=O) groups is 1. The summed E-state index contributed by atoms with van der Waals surface area (Å²) in [6.45, 7) is 3.02. The highest BCUT2D eigenvalue weighted by Crippen LogP contribution is 2.27. The Hall–Kier alpha value is -2.71. The van der Waals surface area contributed by atoms with Crippen LogP contribution in [-0.4, -0.2) is 27.4 Å². The minimum Gasteiger partial charge on any atom is -0.336 e. The van der Waals surface area contributed by atoms with E-state index in [9.17, 15) is 4.79 Å². The zero-order valence-electron chi connectivity index (χ0n) is 15.6. The topological polar surface area (TPSA) is 83.0 Å². The van der Waals surface area contributed by atoms with Crippen molar-refractivity contribution >= 4 is 56.7 Å². The van der Waals surface area contributed by atoms with Crippen molar-refractivity contribution in [2.75, 3.05) is 22.1 Å². The van der Waals surface area contributed by atoms with Gasteiger partial charge in [-0.1, -0.05) is 33.6 Å². The normalized spacial score (nSPS) is 13.0. The monoisotopic (exact) mass is 472 g/mol. The number of halogens is 2. The Morgan fingerprint density at radius 1 is 1.14 bits per heavy atom. The number of amides is 1. The molecule has 1 aromatic heterocycles. The molecule has 4 rings (SSSR count). The first-order chi connectivity index (χ1) is 14.0. The zero-order chi connectivity index (χ0) is 20.4. The number of nitrogens with one attached hydrogen (secondary N) is 2. The number of nitrogens with zero attached hydrogens (tertiary/aromatic N) is 4. The van der Waals surface area contributed by atoms with Gasteiger partial charge in [0.2, 0.25) is 17.8 Å². The molecular weight excluding hydrogens is 456 g/mol. The highest BCUT2D eigenvalue weighted by molar-refractivity contribution is 9.10. The van der Waals surface area contributed by atoms with Crippen molar-refractivity contribution in [2.45, 2.75) is 19.9 Å². The van der Waals surface area contributed by atoms with E-state index < -0.39 is 0 Å². The lowest BCUT2D eigenvalue weighted by atomic mass is 10.0. The van der Waals surface area contributed by atoms with Crippen LogP contribution in [0.3, 0.4) is 0 Å². The summed E-state index contributed by atoms with van der Waals surface area (Å²) in [5.41, 5.74) is 3.88. The van der Waals surface area contributed by atoms with Crippen molar-refractivity contribution in [1.82, 2.24) is 15.0 Å². The van der Waals surface area contributed by atoms with E-state index in [1.165, 1.54) is 24.4 Å². The van der Waals surface area contributed by atoms with Gasteiger partial charge in [-0.05, 0) is 47.9 Å². The summed E-state index contributed by atoms with van der Waals surface area (Å²) in [6, 6.07) is 11.5. The van der Waals surface area contributed by atoms with Gasteiger partial charge in [-0.25, -0.2) is 9.97 Å². The van der Waals surface area contributed by atoms with Crippen molar-refractivity contribution in [3.63, 3.8) is 0 Å². The first-order valence-corrected chi connectivity index (χ1v) is 10.2. The van der Waals surface area contributed by atoms with Gasteiger partial charge in [-0.15, -0.1) is 0 Å². The molecule has 1 aliphatic rings. The summed E-state index contributed by atoms with van der Waals surface area (Å²) in [4.78, 5) is 26.5. The van der Waals surface area contributed by atoms with E-state index in [0.717, 1.165) is 24.0 Å². The second-order valence-corrected chi connectivity index (χ2v) is 8.08.